The molecule has 2 heteroatoms. The van der Waals surface area contributed by atoms with E-state index in [0.29, 0.717) is 0 Å². The lowest BCUT2D eigenvalue weighted by Crippen LogP contribution is -2.66. The van der Waals surface area contributed by atoms with Gasteiger partial charge in [-0.05, 0) is 79.4 Å². The van der Waals surface area contributed by atoms with Gasteiger partial charge in [-0.15, -0.1) is 11.1 Å². The molecule has 0 aliphatic rings. The van der Waals surface area contributed by atoms with Crippen LogP contribution < -0.4 is 15.6 Å². The molecule has 0 fully saturated rings. The summed E-state index contributed by atoms with van der Waals surface area (Å²) in [6.07, 6.45) is 0. The quantitative estimate of drug-likeness (QED) is 0.350. The Bertz CT molecular complexity index is 860. The summed E-state index contributed by atoms with van der Waals surface area (Å²) in [5.41, 5.74) is 7.69. The molecule has 0 aromatic heterocycles. The average Bonchev–Trinajstić information content (AvgIpc) is 2.53. The van der Waals surface area contributed by atoms with E-state index < -0.39 is 7.38 Å². The SMILES string of the molecule is Cc1cc(C)cc([Si](Cl)(c2c(C)cccc2C)c2c(C)cccc2C)c1. The molecule has 134 valence electrons. The van der Waals surface area contributed by atoms with Crippen LogP contribution in [0, 0.1) is 41.5 Å². The molecule has 3 aromatic carbocycles. The number of hydrogen-bond donors (Lipinski definition) is 0. The van der Waals surface area contributed by atoms with Gasteiger partial charge in [0.15, 0.2) is 0 Å². The monoisotopic (exact) mass is 378 g/mol. The molecule has 3 aromatic rings. The summed E-state index contributed by atoms with van der Waals surface area (Å²) in [5.74, 6) is 0. The van der Waals surface area contributed by atoms with E-state index in [1.54, 1.807) is 0 Å². The Morgan fingerprint density at radius 1 is 0.577 bits per heavy atom. The van der Waals surface area contributed by atoms with E-state index in [1.807, 2.05) is 0 Å². The van der Waals surface area contributed by atoms with Gasteiger partial charge in [-0.3, -0.25) is 0 Å². The van der Waals surface area contributed by atoms with Crippen molar-refractivity contribution in [1.82, 2.24) is 0 Å². The van der Waals surface area contributed by atoms with Gasteiger partial charge in [0.2, 0.25) is 7.38 Å². The summed E-state index contributed by atoms with van der Waals surface area (Å²) < 4.78 is 0. The second-order valence-corrected chi connectivity index (χ2v) is 12.2. The first-order chi connectivity index (χ1) is 12.2. The van der Waals surface area contributed by atoms with Crippen LogP contribution in [-0.4, -0.2) is 7.38 Å². The van der Waals surface area contributed by atoms with Crippen molar-refractivity contribution >= 4 is 34.0 Å². The third-order valence-electron chi connectivity index (χ3n) is 5.27. The second-order valence-electron chi connectivity index (χ2n) is 7.57. The molecular formula is C24H27ClSi. The predicted molar refractivity (Wildman–Crippen MR) is 118 cm³/mol. The normalized spacial score (nSPS) is 11.7. The van der Waals surface area contributed by atoms with E-state index in [9.17, 15) is 0 Å². The van der Waals surface area contributed by atoms with Gasteiger partial charge in [-0.25, -0.2) is 0 Å². The average molecular weight is 379 g/mol. The van der Waals surface area contributed by atoms with Gasteiger partial charge in [0, 0.05) is 0 Å². The summed E-state index contributed by atoms with van der Waals surface area (Å²) in [6.45, 7) is 13.1. The van der Waals surface area contributed by atoms with Crippen LogP contribution in [0.2, 0.25) is 0 Å². The van der Waals surface area contributed by atoms with Crippen LogP contribution in [0.3, 0.4) is 0 Å². The van der Waals surface area contributed by atoms with E-state index in [-0.39, 0.29) is 0 Å². The minimum Gasteiger partial charge on any atom is -0.149 e. The topological polar surface area (TPSA) is 0 Å². The molecule has 0 aliphatic heterocycles. The van der Waals surface area contributed by atoms with Gasteiger partial charge >= 0.3 is 0 Å². The zero-order valence-electron chi connectivity index (χ0n) is 16.6. The fourth-order valence-electron chi connectivity index (χ4n) is 4.30. The van der Waals surface area contributed by atoms with Crippen LogP contribution in [0.5, 0.6) is 0 Å². The third-order valence-corrected chi connectivity index (χ3v) is 11.1. The lowest BCUT2D eigenvalue weighted by atomic mass is 10.1. The Labute approximate surface area is 163 Å². The van der Waals surface area contributed by atoms with Crippen LogP contribution in [0.25, 0.3) is 0 Å². The maximum Gasteiger partial charge on any atom is 0.249 e. The molecule has 0 nitrogen and oxygen atoms in total. The first-order valence-electron chi connectivity index (χ1n) is 9.16. The summed E-state index contributed by atoms with van der Waals surface area (Å²) in [4.78, 5) is 0. The maximum atomic E-state index is 7.82. The molecule has 0 saturated carbocycles. The minimum atomic E-state index is -2.65. The Balaban J connectivity index is 2.48. The van der Waals surface area contributed by atoms with Gasteiger partial charge in [0.05, 0.1) is 0 Å². The Hall–Kier alpha value is -1.83. The van der Waals surface area contributed by atoms with Gasteiger partial charge in [-0.1, -0.05) is 65.7 Å². The van der Waals surface area contributed by atoms with Gasteiger partial charge in [0.1, 0.15) is 0 Å². The predicted octanol–water partition coefficient (Wildman–Crippen LogP) is 4.74. The van der Waals surface area contributed by atoms with Crippen molar-refractivity contribution in [2.24, 2.45) is 0 Å². The minimum absolute atomic E-state index is 1.27. The molecule has 0 saturated heterocycles. The van der Waals surface area contributed by atoms with Crippen molar-refractivity contribution in [2.45, 2.75) is 41.5 Å². The van der Waals surface area contributed by atoms with Gasteiger partial charge in [0.25, 0.3) is 0 Å². The lowest BCUT2D eigenvalue weighted by Gasteiger charge is -2.32. The second kappa shape index (κ2) is 7.06. The number of hydrogen-bond acceptors (Lipinski definition) is 0. The van der Waals surface area contributed by atoms with Crippen LogP contribution in [-0.2, 0) is 0 Å². The molecule has 0 radical (unpaired) electrons. The number of rotatable bonds is 3. The third kappa shape index (κ3) is 3.15. The highest BCUT2D eigenvalue weighted by atomic mass is 35.6. The zero-order valence-corrected chi connectivity index (χ0v) is 18.3. The summed E-state index contributed by atoms with van der Waals surface area (Å²) in [5, 5.41) is 3.96. The summed E-state index contributed by atoms with van der Waals surface area (Å²) >= 11 is 7.82. The summed E-state index contributed by atoms with van der Waals surface area (Å²) in [6, 6.07) is 19.9. The molecule has 0 spiro atoms. The van der Waals surface area contributed by atoms with E-state index in [1.165, 1.54) is 48.9 Å². The van der Waals surface area contributed by atoms with Crippen molar-refractivity contribution in [3.05, 3.63) is 88.0 Å². The summed E-state index contributed by atoms with van der Waals surface area (Å²) in [7, 11) is -2.65. The molecule has 0 atom stereocenters. The zero-order chi connectivity index (χ0) is 19.1. The highest BCUT2D eigenvalue weighted by Crippen LogP contribution is 2.21. The van der Waals surface area contributed by atoms with Crippen LogP contribution >= 0.6 is 11.1 Å². The maximum absolute atomic E-state index is 7.82. The number of aryl methyl sites for hydroxylation is 6. The highest BCUT2D eigenvalue weighted by Gasteiger charge is 2.42. The number of benzene rings is 3. The Morgan fingerprint density at radius 3 is 1.27 bits per heavy atom. The van der Waals surface area contributed by atoms with E-state index >= 15 is 0 Å². The fourth-order valence-corrected chi connectivity index (χ4v) is 10.6. The van der Waals surface area contributed by atoms with Gasteiger partial charge in [-0.2, -0.15) is 0 Å². The molecular weight excluding hydrogens is 352 g/mol. The molecule has 0 heterocycles. The van der Waals surface area contributed by atoms with Crippen LogP contribution in [0.4, 0.5) is 0 Å². The standard InChI is InChI=1S/C24H27ClSi/c1-16-13-17(2)15-22(14-16)26(25,23-18(3)9-7-10-19(23)4)24-20(5)11-8-12-21(24)6/h7-15H,1-6H3. The molecule has 0 aliphatic carbocycles. The van der Waals surface area contributed by atoms with Crippen molar-refractivity contribution in [1.29, 1.82) is 0 Å². The van der Waals surface area contributed by atoms with Crippen LogP contribution in [0.1, 0.15) is 33.4 Å². The van der Waals surface area contributed by atoms with Crippen molar-refractivity contribution in [3.63, 3.8) is 0 Å². The molecule has 0 N–H and O–H groups in total. The molecule has 0 unspecified atom stereocenters. The van der Waals surface area contributed by atoms with E-state index in [0.717, 1.165) is 0 Å². The van der Waals surface area contributed by atoms with E-state index in [4.69, 9.17) is 11.1 Å². The molecule has 0 bridgehead atoms. The fraction of sp³-hybridized carbons (Fsp3) is 0.250. The van der Waals surface area contributed by atoms with Crippen LogP contribution in [0.15, 0.2) is 54.6 Å². The smallest absolute Gasteiger partial charge is 0.149 e. The first kappa shape index (κ1) is 18.9. The van der Waals surface area contributed by atoms with Crippen molar-refractivity contribution in [3.8, 4) is 0 Å². The highest BCUT2D eigenvalue weighted by molar-refractivity contribution is 7.41. The molecule has 3 rings (SSSR count). The Kier molecular flexibility index (Phi) is 5.14. The van der Waals surface area contributed by atoms with Crippen molar-refractivity contribution < 1.29 is 0 Å². The van der Waals surface area contributed by atoms with E-state index in [2.05, 4.69) is 96.1 Å². The van der Waals surface area contributed by atoms with Gasteiger partial charge < -0.3 is 0 Å². The van der Waals surface area contributed by atoms with Crippen molar-refractivity contribution in [2.75, 3.05) is 0 Å². The Morgan fingerprint density at radius 2 is 0.923 bits per heavy atom. The largest absolute Gasteiger partial charge is 0.249 e. The lowest BCUT2D eigenvalue weighted by molar-refractivity contribution is 1.38. The molecule has 0 amide bonds. The first-order valence-corrected chi connectivity index (χ1v) is 12.2. The molecule has 26 heavy (non-hydrogen) atoms. The number of halogens is 1.